The summed E-state index contributed by atoms with van der Waals surface area (Å²) in [6, 6.07) is 7.97. The van der Waals surface area contributed by atoms with Crippen molar-refractivity contribution in [3.8, 4) is 6.07 Å². The third-order valence-electron chi connectivity index (χ3n) is 8.01. The Labute approximate surface area is 232 Å². The zero-order valence-electron chi connectivity index (χ0n) is 23.7. The minimum Gasteiger partial charge on any atom is -0.368 e. The summed E-state index contributed by atoms with van der Waals surface area (Å²) in [6.07, 6.45) is 4.75. The molecule has 2 N–H and O–H groups in total. The van der Waals surface area contributed by atoms with E-state index < -0.39 is 10.0 Å². The quantitative estimate of drug-likeness (QED) is 0.494. The second-order valence-corrected chi connectivity index (χ2v) is 13.6. The first-order chi connectivity index (χ1) is 18.2. The predicted octanol–water partition coefficient (Wildman–Crippen LogP) is 3.57. The van der Waals surface area contributed by atoms with Gasteiger partial charge in [-0.3, -0.25) is 9.89 Å². The van der Waals surface area contributed by atoms with Gasteiger partial charge in [0.1, 0.15) is 11.8 Å². The van der Waals surface area contributed by atoms with Gasteiger partial charge in [0.05, 0.1) is 23.7 Å². The summed E-state index contributed by atoms with van der Waals surface area (Å²) in [6.45, 7) is 14.5. The summed E-state index contributed by atoms with van der Waals surface area (Å²) in [4.78, 5) is 17.7. The predicted molar refractivity (Wildman–Crippen MR) is 157 cm³/mol. The van der Waals surface area contributed by atoms with Crippen molar-refractivity contribution >= 4 is 45.6 Å². The summed E-state index contributed by atoms with van der Waals surface area (Å²) in [5, 5.41) is 16.6. The van der Waals surface area contributed by atoms with Crippen molar-refractivity contribution in [2.24, 2.45) is 4.99 Å². The molecule has 1 aromatic heterocycles. The van der Waals surface area contributed by atoms with Crippen LogP contribution in [0.2, 0.25) is 0 Å². The smallest absolute Gasteiger partial charge is 0.229 e. The van der Waals surface area contributed by atoms with Gasteiger partial charge in [0.15, 0.2) is 5.82 Å². The van der Waals surface area contributed by atoms with E-state index in [-0.39, 0.29) is 17.1 Å². The summed E-state index contributed by atoms with van der Waals surface area (Å²) < 4.78 is 25.1. The van der Waals surface area contributed by atoms with Gasteiger partial charge in [0.2, 0.25) is 16.0 Å². The van der Waals surface area contributed by atoms with Gasteiger partial charge in [-0.1, -0.05) is 0 Å². The molecule has 39 heavy (non-hydrogen) atoms. The third-order valence-corrected chi connectivity index (χ3v) is 9.31. The molecule has 0 radical (unpaired) electrons. The average molecular weight is 554 g/mol. The molecule has 0 aliphatic carbocycles. The van der Waals surface area contributed by atoms with Gasteiger partial charge >= 0.3 is 0 Å². The number of rotatable bonds is 7. The maximum absolute atomic E-state index is 11.8. The van der Waals surface area contributed by atoms with Gasteiger partial charge in [-0.2, -0.15) is 14.6 Å². The van der Waals surface area contributed by atoms with E-state index >= 15 is 0 Å². The van der Waals surface area contributed by atoms with E-state index in [9.17, 15) is 13.7 Å². The van der Waals surface area contributed by atoms with Gasteiger partial charge in [-0.25, -0.2) is 13.4 Å². The molecule has 210 valence electrons. The van der Waals surface area contributed by atoms with E-state index in [2.05, 4.69) is 73.0 Å². The van der Waals surface area contributed by atoms with E-state index in [1.807, 2.05) is 17.0 Å². The van der Waals surface area contributed by atoms with Crippen molar-refractivity contribution in [3.63, 3.8) is 0 Å². The van der Waals surface area contributed by atoms with Crippen molar-refractivity contribution in [3.05, 3.63) is 30.0 Å². The second-order valence-electron chi connectivity index (χ2n) is 11.6. The maximum Gasteiger partial charge on any atom is 0.229 e. The number of nitrogens with one attached hydrogen (secondary N) is 2. The number of aliphatic imine (C=N–C) groups is 1. The minimum absolute atomic E-state index is 0.0161. The molecule has 4 rings (SSSR count). The van der Waals surface area contributed by atoms with E-state index in [4.69, 9.17) is 4.98 Å². The molecule has 11 nitrogen and oxygen atoms in total. The Morgan fingerprint density at radius 1 is 1.13 bits per heavy atom. The number of hydrogen-bond acceptors (Lipinski definition) is 10. The number of hydrogen-bond donors (Lipinski definition) is 2. The maximum atomic E-state index is 11.8. The number of benzene rings is 1. The van der Waals surface area contributed by atoms with Crippen molar-refractivity contribution in [2.75, 3.05) is 55.0 Å². The number of nitrogens with zero attached hydrogens (tertiary/aromatic N) is 7. The lowest BCUT2D eigenvalue weighted by Gasteiger charge is -2.53. The highest BCUT2D eigenvalue weighted by molar-refractivity contribution is 7.88. The van der Waals surface area contributed by atoms with Crippen molar-refractivity contribution < 1.29 is 8.42 Å². The molecule has 0 unspecified atom stereocenters. The van der Waals surface area contributed by atoms with Gasteiger partial charge in [-0.15, -0.1) is 0 Å². The van der Waals surface area contributed by atoms with Crippen LogP contribution in [0.25, 0.3) is 0 Å². The SMILES string of the molecule is C=Nc1cnc(Nc2ccc(N3CCN(S(C)(=O)=O)CC3)c(C#N)c2)nc1NC1CC(C)(C)N(C)C(C)(C)C1. The fourth-order valence-electron chi connectivity index (χ4n) is 5.69. The Kier molecular flexibility index (Phi) is 7.89. The van der Waals surface area contributed by atoms with Crippen LogP contribution in [0.15, 0.2) is 29.4 Å². The lowest BCUT2D eigenvalue weighted by atomic mass is 9.77. The zero-order chi connectivity index (χ0) is 28.6. The molecule has 2 fully saturated rings. The molecule has 0 atom stereocenters. The van der Waals surface area contributed by atoms with Crippen LogP contribution in [-0.4, -0.2) is 90.9 Å². The van der Waals surface area contributed by atoms with E-state index in [0.717, 1.165) is 18.5 Å². The topological polar surface area (TPSA) is 130 Å². The molecule has 1 aromatic carbocycles. The van der Waals surface area contributed by atoms with Crippen LogP contribution in [0.1, 0.15) is 46.1 Å². The summed E-state index contributed by atoms with van der Waals surface area (Å²) in [5.41, 5.74) is 2.56. The molecular weight excluding hydrogens is 514 g/mol. The number of piperidine rings is 1. The summed E-state index contributed by atoms with van der Waals surface area (Å²) >= 11 is 0. The van der Waals surface area contributed by atoms with E-state index in [0.29, 0.717) is 54.9 Å². The van der Waals surface area contributed by atoms with Crippen LogP contribution in [-0.2, 0) is 10.0 Å². The van der Waals surface area contributed by atoms with Crippen molar-refractivity contribution in [1.82, 2.24) is 19.2 Å². The molecule has 2 aliphatic rings. The fraction of sp³-hybridized carbons (Fsp3) is 0.556. The number of piperazine rings is 1. The first-order valence-corrected chi connectivity index (χ1v) is 14.9. The Morgan fingerprint density at radius 2 is 1.77 bits per heavy atom. The molecule has 0 spiro atoms. The largest absolute Gasteiger partial charge is 0.368 e. The molecule has 0 bridgehead atoms. The third kappa shape index (κ3) is 6.32. The van der Waals surface area contributed by atoms with Crippen LogP contribution in [0.4, 0.5) is 28.8 Å². The number of sulfonamides is 1. The van der Waals surface area contributed by atoms with Gasteiger partial charge in [0.25, 0.3) is 0 Å². The first kappa shape index (κ1) is 28.7. The van der Waals surface area contributed by atoms with Crippen molar-refractivity contribution in [2.45, 2.75) is 57.7 Å². The Morgan fingerprint density at radius 3 is 2.33 bits per heavy atom. The second kappa shape index (κ2) is 10.7. The highest BCUT2D eigenvalue weighted by atomic mass is 32.2. The van der Waals surface area contributed by atoms with E-state index in [1.54, 1.807) is 12.3 Å². The summed E-state index contributed by atoms with van der Waals surface area (Å²) in [5.74, 6) is 0.999. The zero-order valence-corrected chi connectivity index (χ0v) is 24.5. The number of likely N-dealkylation sites (tertiary alicyclic amines) is 1. The average Bonchev–Trinajstić information content (AvgIpc) is 2.86. The molecular formula is C27H39N9O2S. The van der Waals surface area contributed by atoms with Crippen molar-refractivity contribution in [1.29, 1.82) is 5.26 Å². The van der Waals surface area contributed by atoms with Crippen LogP contribution in [0.3, 0.4) is 0 Å². The Hall–Kier alpha value is -3.27. The molecule has 0 amide bonds. The highest BCUT2D eigenvalue weighted by Gasteiger charge is 2.43. The number of nitriles is 1. The van der Waals surface area contributed by atoms with Crippen LogP contribution in [0.5, 0.6) is 0 Å². The Bertz CT molecular complexity index is 1360. The Balaban J connectivity index is 1.51. The molecule has 12 heteroatoms. The first-order valence-electron chi connectivity index (χ1n) is 13.1. The minimum atomic E-state index is -3.22. The van der Waals surface area contributed by atoms with E-state index in [1.165, 1.54) is 10.6 Å². The van der Waals surface area contributed by atoms with Gasteiger partial charge in [0, 0.05) is 49.0 Å². The molecule has 3 heterocycles. The van der Waals surface area contributed by atoms with Crippen LogP contribution >= 0.6 is 0 Å². The fourth-order valence-corrected chi connectivity index (χ4v) is 6.52. The molecule has 2 aliphatic heterocycles. The van der Waals surface area contributed by atoms with Gasteiger partial charge in [-0.05, 0) is 72.5 Å². The van der Waals surface area contributed by atoms with Gasteiger partial charge < -0.3 is 15.5 Å². The summed E-state index contributed by atoms with van der Waals surface area (Å²) in [7, 11) is -1.04. The number of anilines is 4. The highest BCUT2D eigenvalue weighted by Crippen LogP contribution is 2.39. The van der Waals surface area contributed by atoms with Crippen LogP contribution in [0, 0.1) is 11.3 Å². The standard InChI is InChI=1S/C27H39N9O2S/c1-26(2)15-21(16-27(3,4)34(26)6)31-24-22(29-5)18-30-25(33-24)32-20-8-9-23(19(14-20)17-28)35-10-12-36(13-11-35)39(7,37)38/h8-9,14,18,21H,5,10-13,15-16H2,1-4,6-7H3,(H2,30,31,32,33). The van der Waals surface area contributed by atoms with Crippen LogP contribution < -0.4 is 15.5 Å². The molecule has 2 saturated heterocycles. The normalized spacial score (nSPS) is 20.3. The molecule has 0 saturated carbocycles. The molecule has 2 aromatic rings. The lowest BCUT2D eigenvalue weighted by Crippen LogP contribution is -2.61. The lowest BCUT2D eigenvalue weighted by molar-refractivity contribution is -0.00771. The monoisotopic (exact) mass is 553 g/mol. The number of aromatic nitrogens is 2.